The summed E-state index contributed by atoms with van der Waals surface area (Å²) in [4.78, 5) is 13.7. The van der Waals surface area contributed by atoms with Crippen molar-refractivity contribution in [1.82, 2.24) is 9.62 Å². The summed E-state index contributed by atoms with van der Waals surface area (Å²) in [6, 6.07) is 3.50. The Kier molecular flexibility index (Phi) is 6.18. The van der Waals surface area contributed by atoms with Gasteiger partial charge < -0.3 is 10.6 Å². The lowest BCUT2D eigenvalue weighted by molar-refractivity contribution is -0.132. The third-order valence-electron chi connectivity index (χ3n) is 3.06. The van der Waals surface area contributed by atoms with Crippen LogP contribution in [0.15, 0.2) is 27.6 Å². The van der Waals surface area contributed by atoms with Crippen molar-refractivity contribution in [1.29, 1.82) is 0 Å². The van der Waals surface area contributed by atoms with Gasteiger partial charge in [0.05, 0.1) is 10.9 Å². The highest BCUT2D eigenvalue weighted by Gasteiger charge is 2.24. The van der Waals surface area contributed by atoms with Gasteiger partial charge in [-0.2, -0.15) is 4.72 Å². The number of likely N-dealkylation sites (N-methyl/N-ethyl adjacent to an activating group) is 1. The van der Waals surface area contributed by atoms with Crippen LogP contribution >= 0.6 is 15.9 Å². The maximum atomic E-state index is 12.3. The highest BCUT2D eigenvalue weighted by atomic mass is 79.9. The first-order chi connectivity index (χ1) is 9.72. The maximum absolute atomic E-state index is 12.3. The van der Waals surface area contributed by atoms with Gasteiger partial charge in [-0.15, -0.1) is 0 Å². The minimum Gasteiger partial charge on any atom is -0.398 e. The van der Waals surface area contributed by atoms with E-state index in [-0.39, 0.29) is 10.8 Å². The number of nitrogens with one attached hydrogen (secondary N) is 1. The van der Waals surface area contributed by atoms with Crippen molar-refractivity contribution < 1.29 is 13.2 Å². The van der Waals surface area contributed by atoms with E-state index < -0.39 is 16.1 Å². The highest BCUT2D eigenvalue weighted by Crippen LogP contribution is 2.22. The quantitative estimate of drug-likeness (QED) is 0.735. The number of anilines is 1. The molecule has 1 amide bonds. The molecule has 0 saturated carbocycles. The molecule has 1 aromatic carbocycles. The molecule has 21 heavy (non-hydrogen) atoms. The number of amides is 1. The molecule has 0 fully saturated rings. The third-order valence-corrected chi connectivity index (χ3v) is 5.32. The first-order valence-electron chi connectivity index (χ1n) is 6.59. The Bertz CT molecular complexity index is 615. The molecule has 8 heteroatoms. The number of hydrogen-bond donors (Lipinski definition) is 2. The Balaban J connectivity index is 2.94. The molecule has 0 aliphatic rings. The number of sulfonamides is 1. The second-order valence-corrected chi connectivity index (χ2v) is 7.11. The zero-order valence-electron chi connectivity index (χ0n) is 12.3. The molecule has 0 aliphatic carbocycles. The molecule has 6 nitrogen and oxygen atoms in total. The molecule has 0 saturated heterocycles. The monoisotopic (exact) mass is 377 g/mol. The van der Waals surface area contributed by atoms with Crippen molar-refractivity contribution >= 4 is 37.5 Å². The number of hydrogen-bond acceptors (Lipinski definition) is 4. The van der Waals surface area contributed by atoms with Gasteiger partial charge in [0.1, 0.15) is 0 Å². The summed E-state index contributed by atoms with van der Waals surface area (Å²) in [7, 11) is -3.79. The number of carbonyl (C=O) groups excluding carboxylic acids is 1. The fourth-order valence-corrected chi connectivity index (χ4v) is 3.33. The van der Waals surface area contributed by atoms with Gasteiger partial charge in [0.25, 0.3) is 0 Å². The fraction of sp³-hybridized carbons (Fsp3) is 0.462. The maximum Gasteiger partial charge on any atom is 0.241 e. The average molecular weight is 378 g/mol. The number of rotatable bonds is 6. The predicted molar refractivity (Wildman–Crippen MR) is 86.3 cm³/mol. The summed E-state index contributed by atoms with van der Waals surface area (Å²) in [6.45, 7) is 6.29. The molecular weight excluding hydrogens is 358 g/mol. The molecule has 0 spiro atoms. The van der Waals surface area contributed by atoms with E-state index in [1.807, 2.05) is 13.8 Å². The van der Waals surface area contributed by atoms with Gasteiger partial charge in [0.15, 0.2) is 0 Å². The van der Waals surface area contributed by atoms with E-state index in [1.165, 1.54) is 19.1 Å². The van der Waals surface area contributed by atoms with Crippen LogP contribution in [-0.2, 0) is 14.8 Å². The summed E-state index contributed by atoms with van der Waals surface area (Å²) < 4.78 is 27.5. The number of nitrogen functional groups attached to an aromatic ring is 1. The number of carbonyl (C=O) groups is 1. The lowest BCUT2D eigenvalue weighted by atomic mass is 10.3. The number of benzene rings is 1. The van der Waals surface area contributed by atoms with Crippen LogP contribution in [-0.4, -0.2) is 38.4 Å². The Morgan fingerprint density at radius 2 is 1.95 bits per heavy atom. The van der Waals surface area contributed by atoms with Crippen molar-refractivity contribution in [2.75, 3.05) is 18.8 Å². The molecular formula is C13H20BrN3O3S. The van der Waals surface area contributed by atoms with Gasteiger partial charge in [0, 0.05) is 23.2 Å². The van der Waals surface area contributed by atoms with E-state index in [9.17, 15) is 13.2 Å². The van der Waals surface area contributed by atoms with Gasteiger partial charge in [-0.05, 0) is 54.9 Å². The molecule has 1 rings (SSSR count). The van der Waals surface area contributed by atoms with E-state index >= 15 is 0 Å². The van der Waals surface area contributed by atoms with Crippen LogP contribution in [0.4, 0.5) is 5.69 Å². The SMILES string of the molecule is CCN(CC)C(=O)C(C)NS(=O)(=O)c1ccc(Br)c(N)c1. The fourth-order valence-electron chi connectivity index (χ4n) is 1.85. The Labute approximate surface area is 133 Å². The molecule has 0 aromatic heterocycles. The smallest absolute Gasteiger partial charge is 0.241 e. The van der Waals surface area contributed by atoms with E-state index in [1.54, 1.807) is 11.0 Å². The third kappa shape index (κ3) is 4.42. The topological polar surface area (TPSA) is 92.5 Å². The van der Waals surface area contributed by atoms with Crippen LogP contribution in [0.2, 0.25) is 0 Å². The zero-order valence-corrected chi connectivity index (χ0v) is 14.7. The number of halogens is 1. The van der Waals surface area contributed by atoms with E-state index in [2.05, 4.69) is 20.7 Å². The van der Waals surface area contributed by atoms with Crippen molar-refractivity contribution in [3.8, 4) is 0 Å². The Hall–Kier alpha value is -1.12. The molecule has 1 aromatic rings. The van der Waals surface area contributed by atoms with Crippen molar-refractivity contribution in [2.45, 2.75) is 31.7 Å². The Morgan fingerprint density at radius 1 is 1.38 bits per heavy atom. The van der Waals surface area contributed by atoms with Crippen molar-refractivity contribution in [3.05, 3.63) is 22.7 Å². The summed E-state index contributed by atoms with van der Waals surface area (Å²) in [6.07, 6.45) is 0. The van der Waals surface area contributed by atoms with Crippen LogP contribution in [0.1, 0.15) is 20.8 Å². The molecule has 3 N–H and O–H groups in total. The number of nitrogens with two attached hydrogens (primary N) is 1. The van der Waals surface area contributed by atoms with E-state index in [4.69, 9.17) is 5.73 Å². The largest absolute Gasteiger partial charge is 0.398 e. The first-order valence-corrected chi connectivity index (χ1v) is 8.86. The molecule has 1 unspecified atom stereocenters. The molecule has 0 radical (unpaired) electrons. The first kappa shape index (κ1) is 17.9. The second kappa shape index (κ2) is 7.24. The van der Waals surface area contributed by atoms with Crippen LogP contribution in [0.3, 0.4) is 0 Å². The van der Waals surface area contributed by atoms with Crippen LogP contribution in [0.5, 0.6) is 0 Å². The van der Waals surface area contributed by atoms with Crippen LogP contribution in [0.25, 0.3) is 0 Å². The lowest BCUT2D eigenvalue weighted by Crippen LogP contribution is -2.46. The van der Waals surface area contributed by atoms with Crippen LogP contribution < -0.4 is 10.5 Å². The number of nitrogens with zero attached hydrogens (tertiary/aromatic N) is 1. The zero-order chi connectivity index (χ0) is 16.2. The average Bonchev–Trinajstić information content (AvgIpc) is 2.42. The lowest BCUT2D eigenvalue weighted by Gasteiger charge is -2.23. The molecule has 0 aliphatic heterocycles. The van der Waals surface area contributed by atoms with E-state index in [0.717, 1.165) is 0 Å². The summed E-state index contributed by atoms with van der Waals surface area (Å²) in [5.41, 5.74) is 6.00. The van der Waals surface area contributed by atoms with Gasteiger partial charge >= 0.3 is 0 Å². The van der Waals surface area contributed by atoms with Gasteiger partial charge in [-0.3, -0.25) is 4.79 Å². The van der Waals surface area contributed by atoms with Crippen molar-refractivity contribution in [3.63, 3.8) is 0 Å². The van der Waals surface area contributed by atoms with E-state index in [0.29, 0.717) is 23.2 Å². The predicted octanol–water partition coefficient (Wildman–Crippen LogP) is 1.57. The molecule has 0 heterocycles. The summed E-state index contributed by atoms with van der Waals surface area (Å²) in [5.74, 6) is -0.256. The standard InChI is InChI=1S/C13H20BrN3O3S/c1-4-17(5-2)13(18)9(3)16-21(19,20)10-6-7-11(14)12(15)8-10/h6-9,16H,4-5,15H2,1-3H3. The summed E-state index contributed by atoms with van der Waals surface area (Å²) in [5, 5.41) is 0. The minimum atomic E-state index is -3.79. The van der Waals surface area contributed by atoms with Crippen LogP contribution in [0, 0.1) is 0 Å². The van der Waals surface area contributed by atoms with Gasteiger partial charge in [-0.1, -0.05) is 0 Å². The van der Waals surface area contributed by atoms with Crippen molar-refractivity contribution in [2.24, 2.45) is 0 Å². The normalized spacial score (nSPS) is 13.0. The Morgan fingerprint density at radius 3 is 2.43 bits per heavy atom. The molecule has 118 valence electrons. The van der Waals surface area contributed by atoms with Gasteiger partial charge in [0.2, 0.25) is 15.9 Å². The van der Waals surface area contributed by atoms with Gasteiger partial charge in [-0.25, -0.2) is 8.42 Å². The molecule has 0 bridgehead atoms. The summed E-state index contributed by atoms with van der Waals surface area (Å²) >= 11 is 3.21. The highest BCUT2D eigenvalue weighted by molar-refractivity contribution is 9.10. The minimum absolute atomic E-state index is 0.0300. The molecule has 1 atom stereocenters. The second-order valence-electron chi connectivity index (χ2n) is 4.54.